The van der Waals surface area contributed by atoms with E-state index >= 15 is 0 Å². The molecule has 0 radical (unpaired) electrons. The van der Waals surface area contributed by atoms with Crippen LogP contribution in [0.2, 0.25) is 18.1 Å². The number of carbonyl (C=O) groups is 1. The lowest BCUT2D eigenvalue weighted by molar-refractivity contribution is -0.146. The first-order valence-electron chi connectivity index (χ1n) is 10.0. The Morgan fingerprint density at radius 1 is 1.25 bits per heavy atom. The van der Waals surface area contributed by atoms with E-state index < -0.39 is 20.2 Å². The summed E-state index contributed by atoms with van der Waals surface area (Å²) in [4.78, 5) is 11.9. The van der Waals surface area contributed by atoms with Crippen molar-refractivity contribution in [2.75, 3.05) is 6.61 Å². The zero-order valence-electron chi connectivity index (χ0n) is 18.4. The van der Waals surface area contributed by atoms with Crippen LogP contribution in [0.4, 0.5) is 0 Å². The predicted octanol–water partition coefficient (Wildman–Crippen LogP) is 4.70. The lowest BCUT2D eigenvalue weighted by Gasteiger charge is -2.41. The minimum atomic E-state index is -2.10. The van der Waals surface area contributed by atoms with Gasteiger partial charge >= 0.3 is 0 Å². The molecular formula is C22H36O5Si. The van der Waals surface area contributed by atoms with E-state index in [0.717, 1.165) is 11.8 Å². The molecule has 1 unspecified atom stereocenters. The Labute approximate surface area is 170 Å². The van der Waals surface area contributed by atoms with Crippen LogP contribution in [0.3, 0.4) is 0 Å². The maximum absolute atomic E-state index is 11.9. The van der Waals surface area contributed by atoms with Gasteiger partial charge in [0.1, 0.15) is 6.10 Å². The molecule has 1 aromatic rings. The van der Waals surface area contributed by atoms with Crippen molar-refractivity contribution in [2.45, 2.75) is 89.9 Å². The molecule has 1 saturated heterocycles. The molecule has 2 rings (SSSR count). The summed E-state index contributed by atoms with van der Waals surface area (Å²) in [5, 5.41) is 0.0322. The van der Waals surface area contributed by atoms with Gasteiger partial charge in [-0.1, -0.05) is 51.1 Å². The van der Waals surface area contributed by atoms with Crippen LogP contribution >= 0.6 is 0 Å². The average molecular weight is 409 g/mol. The maximum Gasteiger partial charge on any atom is 0.192 e. The van der Waals surface area contributed by atoms with Gasteiger partial charge in [0.05, 0.1) is 25.4 Å². The van der Waals surface area contributed by atoms with E-state index in [1.165, 1.54) is 0 Å². The van der Waals surface area contributed by atoms with E-state index in [-0.39, 0.29) is 17.2 Å². The third-order valence-electron chi connectivity index (χ3n) is 5.60. The van der Waals surface area contributed by atoms with Gasteiger partial charge in [0, 0.05) is 6.42 Å². The number of ether oxygens (including phenoxy) is 3. The first-order chi connectivity index (χ1) is 12.9. The molecule has 1 aliphatic rings. The summed E-state index contributed by atoms with van der Waals surface area (Å²) in [6.45, 7) is 15.6. The van der Waals surface area contributed by atoms with Crippen molar-refractivity contribution >= 4 is 14.6 Å². The van der Waals surface area contributed by atoms with Crippen molar-refractivity contribution in [3.05, 3.63) is 35.9 Å². The topological polar surface area (TPSA) is 54.0 Å². The molecule has 0 spiro atoms. The summed E-state index contributed by atoms with van der Waals surface area (Å²) in [6.07, 6.45) is 0.286. The summed E-state index contributed by atoms with van der Waals surface area (Å²) in [6, 6.07) is 9.86. The first kappa shape index (κ1) is 23.2. The van der Waals surface area contributed by atoms with Gasteiger partial charge in [-0.2, -0.15) is 0 Å². The third-order valence-corrected chi connectivity index (χ3v) is 10.1. The highest BCUT2D eigenvalue weighted by atomic mass is 28.4. The zero-order valence-corrected chi connectivity index (χ0v) is 19.4. The van der Waals surface area contributed by atoms with Crippen molar-refractivity contribution in [3.8, 4) is 0 Å². The fourth-order valence-corrected chi connectivity index (χ4v) is 4.28. The molecule has 5 nitrogen and oxygen atoms in total. The highest BCUT2D eigenvalue weighted by Crippen LogP contribution is 2.39. The van der Waals surface area contributed by atoms with E-state index in [1.54, 1.807) is 0 Å². The van der Waals surface area contributed by atoms with Crippen LogP contribution in [0, 0.1) is 0 Å². The lowest BCUT2D eigenvalue weighted by atomic mass is 10.1. The summed E-state index contributed by atoms with van der Waals surface area (Å²) in [5.74, 6) is -0.603. The van der Waals surface area contributed by atoms with Crippen LogP contribution in [0.15, 0.2) is 30.3 Å². The lowest BCUT2D eigenvalue weighted by Crippen LogP contribution is -2.49. The second kappa shape index (κ2) is 9.18. The fraction of sp³-hybridized carbons (Fsp3) is 0.682. The number of hydrogen-bond acceptors (Lipinski definition) is 5. The number of rotatable bonds is 9. The van der Waals surface area contributed by atoms with Crippen molar-refractivity contribution in [1.82, 2.24) is 0 Å². The van der Waals surface area contributed by atoms with Crippen LogP contribution < -0.4 is 0 Å². The molecule has 0 aromatic heterocycles. The average Bonchev–Trinajstić information content (AvgIpc) is 2.93. The van der Waals surface area contributed by atoms with Gasteiger partial charge < -0.3 is 23.4 Å². The van der Waals surface area contributed by atoms with E-state index in [9.17, 15) is 4.79 Å². The van der Waals surface area contributed by atoms with Gasteiger partial charge in [0.25, 0.3) is 0 Å². The molecule has 28 heavy (non-hydrogen) atoms. The molecular weight excluding hydrogens is 372 g/mol. The molecule has 0 saturated carbocycles. The molecule has 1 fully saturated rings. The minimum Gasteiger partial charge on any atom is -0.411 e. The fourth-order valence-electron chi connectivity index (χ4n) is 2.94. The molecule has 158 valence electrons. The molecule has 6 heteroatoms. The smallest absolute Gasteiger partial charge is 0.192 e. The molecule has 3 atom stereocenters. The number of carbonyl (C=O) groups excluding carboxylic acids is 1. The summed E-state index contributed by atoms with van der Waals surface area (Å²) in [5.41, 5.74) is 1.03. The van der Waals surface area contributed by atoms with Crippen molar-refractivity contribution < 1.29 is 23.4 Å². The van der Waals surface area contributed by atoms with E-state index in [2.05, 4.69) is 33.9 Å². The quantitative estimate of drug-likeness (QED) is 0.438. The van der Waals surface area contributed by atoms with Crippen LogP contribution in [-0.2, 0) is 30.0 Å². The molecule has 0 aliphatic carbocycles. The molecule has 1 aromatic carbocycles. The highest BCUT2D eigenvalue weighted by Gasteiger charge is 2.43. The highest BCUT2D eigenvalue weighted by molar-refractivity contribution is 6.74. The predicted molar refractivity (Wildman–Crippen MR) is 113 cm³/mol. The SMILES string of the molecule is CC1(C)OCC(C[C@@H](O[Si](C)(C)C(C)(C)C)[C@@H](C=O)OCc2ccccc2)O1. The van der Waals surface area contributed by atoms with Crippen LogP contribution in [0.1, 0.15) is 46.6 Å². The Morgan fingerprint density at radius 2 is 1.89 bits per heavy atom. The van der Waals surface area contributed by atoms with Crippen LogP contribution in [0.25, 0.3) is 0 Å². The number of hydrogen-bond donors (Lipinski definition) is 0. The van der Waals surface area contributed by atoms with Gasteiger partial charge in [-0.05, 0) is 37.5 Å². The van der Waals surface area contributed by atoms with Crippen molar-refractivity contribution in [1.29, 1.82) is 0 Å². The van der Waals surface area contributed by atoms with Gasteiger partial charge in [0.15, 0.2) is 20.4 Å². The summed E-state index contributed by atoms with van der Waals surface area (Å²) >= 11 is 0. The van der Waals surface area contributed by atoms with Crippen molar-refractivity contribution in [2.24, 2.45) is 0 Å². The molecule has 0 bridgehead atoms. The summed E-state index contributed by atoms with van der Waals surface area (Å²) < 4.78 is 24.3. The molecule has 0 amide bonds. The van der Waals surface area contributed by atoms with Gasteiger partial charge in [-0.15, -0.1) is 0 Å². The standard InChI is InChI=1S/C22H36O5Si/c1-21(2,3)28(6,7)27-19(13-18-16-25-22(4,5)26-18)20(14-23)24-15-17-11-9-8-10-12-17/h8-12,14,18-20H,13,15-16H2,1-7H3/t18?,19-,20-/m1/s1. The second-order valence-corrected chi connectivity index (χ2v) is 14.3. The Bertz CT molecular complexity index is 624. The Balaban J connectivity index is 2.13. The number of benzene rings is 1. The Morgan fingerprint density at radius 3 is 2.39 bits per heavy atom. The minimum absolute atomic E-state index is 0.0322. The van der Waals surface area contributed by atoms with E-state index in [1.807, 2.05) is 44.2 Å². The first-order valence-corrected chi connectivity index (χ1v) is 12.9. The zero-order chi connectivity index (χ0) is 21.0. The van der Waals surface area contributed by atoms with Gasteiger partial charge in [0.2, 0.25) is 0 Å². The Kier molecular flexibility index (Phi) is 7.61. The Hall–Kier alpha value is -1.05. The van der Waals surface area contributed by atoms with E-state index in [4.69, 9.17) is 18.6 Å². The maximum atomic E-state index is 11.9. The van der Waals surface area contributed by atoms with Crippen LogP contribution in [0.5, 0.6) is 0 Å². The van der Waals surface area contributed by atoms with Crippen LogP contribution in [-0.4, -0.2) is 45.3 Å². The summed E-state index contributed by atoms with van der Waals surface area (Å²) in [7, 11) is -2.10. The molecule has 0 N–H and O–H groups in total. The van der Waals surface area contributed by atoms with Crippen molar-refractivity contribution in [3.63, 3.8) is 0 Å². The monoisotopic (exact) mass is 408 g/mol. The van der Waals surface area contributed by atoms with E-state index in [0.29, 0.717) is 19.6 Å². The number of aldehydes is 1. The third kappa shape index (κ3) is 6.49. The normalized spacial score (nSPS) is 22.0. The second-order valence-electron chi connectivity index (χ2n) is 9.50. The largest absolute Gasteiger partial charge is 0.411 e. The van der Waals surface area contributed by atoms with Gasteiger partial charge in [-0.25, -0.2) is 0 Å². The molecule has 1 aliphatic heterocycles. The van der Waals surface area contributed by atoms with Gasteiger partial charge in [-0.3, -0.25) is 0 Å². The molecule has 1 heterocycles.